The number of hydrogen-bond acceptors (Lipinski definition) is 2. The average Bonchev–Trinajstić information content (AvgIpc) is 2.14. The number of halogens is 6. The van der Waals surface area contributed by atoms with Gasteiger partial charge in [-0.2, -0.15) is 13.2 Å². The van der Waals surface area contributed by atoms with E-state index in [1.54, 1.807) is 0 Å². The highest BCUT2D eigenvalue weighted by atomic mass is 19.4. The molecule has 0 fully saturated rings. The van der Waals surface area contributed by atoms with E-state index < -0.39 is 35.2 Å². The molecule has 2 nitrogen and oxygen atoms in total. The average molecular weight is 243 g/mol. The summed E-state index contributed by atoms with van der Waals surface area (Å²) in [5.41, 5.74) is -4.60. The zero-order valence-electron chi connectivity index (χ0n) is 7.36. The van der Waals surface area contributed by atoms with Crippen molar-refractivity contribution in [1.29, 1.82) is 0 Å². The first-order valence-electron chi connectivity index (χ1n) is 3.78. The Balaban J connectivity index is 3.50. The van der Waals surface area contributed by atoms with Gasteiger partial charge in [0.05, 0.1) is 5.56 Å². The van der Waals surface area contributed by atoms with Crippen LogP contribution < -0.4 is 0 Å². The summed E-state index contributed by atoms with van der Waals surface area (Å²) in [5.74, 6) is -2.17. The molecule has 1 heterocycles. The number of aromatic nitrogens is 1. The Bertz CT molecular complexity index is 414. The van der Waals surface area contributed by atoms with Gasteiger partial charge in [0.15, 0.2) is 6.29 Å². The maximum absolute atomic E-state index is 13.1. The second kappa shape index (κ2) is 4.11. The predicted molar refractivity (Wildman–Crippen MR) is 39.5 cm³/mol. The molecule has 0 saturated heterocycles. The number of aldehydes is 1. The number of rotatable bonds is 2. The van der Waals surface area contributed by atoms with Crippen molar-refractivity contribution in [2.75, 3.05) is 0 Å². The Morgan fingerprint density at radius 1 is 1.31 bits per heavy atom. The number of hydrogen-bond donors (Lipinski definition) is 0. The molecule has 0 spiro atoms. The number of pyridine rings is 1. The molecule has 1 rings (SSSR count). The van der Waals surface area contributed by atoms with Gasteiger partial charge in [-0.05, 0) is 0 Å². The lowest BCUT2D eigenvalue weighted by molar-refractivity contribution is -0.140. The summed E-state index contributed by atoms with van der Waals surface area (Å²) in [6.07, 6.45) is -8.91. The van der Waals surface area contributed by atoms with Crippen molar-refractivity contribution in [3.63, 3.8) is 0 Å². The molecule has 0 bridgehead atoms. The molecule has 88 valence electrons. The molecule has 1 aromatic rings. The molecule has 0 aliphatic rings. The molecular weight excluding hydrogens is 240 g/mol. The summed E-state index contributed by atoms with van der Waals surface area (Å²) in [5, 5.41) is 0. The van der Waals surface area contributed by atoms with Crippen LogP contribution in [0.2, 0.25) is 0 Å². The molecule has 0 N–H and O–H groups in total. The van der Waals surface area contributed by atoms with Crippen LogP contribution in [0.1, 0.15) is 28.0 Å². The van der Waals surface area contributed by atoms with Gasteiger partial charge in [0.2, 0.25) is 0 Å². The van der Waals surface area contributed by atoms with Crippen molar-refractivity contribution in [2.45, 2.75) is 12.6 Å². The smallest absolute Gasteiger partial charge is 0.296 e. The van der Waals surface area contributed by atoms with Crippen molar-refractivity contribution in [3.05, 3.63) is 28.8 Å². The van der Waals surface area contributed by atoms with Crippen molar-refractivity contribution in [3.8, 4) is 0 Å². The highest BCUT2D eigenvalue weighted by Crippen LogP contribution is 2.35. The molecule has 1 aromatic heterocycles. The maximum Gasteiger partial charge on any atom is 0.420 e. The largest absolute Gasteiger partial charge is 0.420 e. The van der Waals surface area contributed by atoms with E-state index in [2.05, 4.69) is 4.98 Å². The summed E-state index contributed by atoms with van der Waals surface area (Å²) in [4.78, 5) is 13.0. The van der Waals surface area contributed by atoms with Crippen LogP contribution in [0.15, 0.2) is 6.20 Å². The van der Waals surface area contributed by atoms with Crippen LogP contribution in [0.3, 0.4) is 0 Å². The Hall–Kier alpha value is -1.60. The van der Waals surface area contributed by atoms with Gasteiger partial charge in [0.25, 0.3) is 6.43 Å². The molecule has 0 aliphatic carbocycles. The first-order chi connectivity index (χ1) is 7.29. The van der Waals surface area contributed by atoms with Gasteiger partial charge in [0, 0.05) is 6.20 Å². The van der Waals surface area contributed by atoms with Crippen LogP contribution in [0.4, 0.5) is 26.3 Å². The van der Waals surface area contributed by atoms with Gasteiger partial charge in [-0.25, -0.2) is 13.2 Å². The van der Waals surface area contributed by atoms with Crippen LogP contribution in [0.25, 0.3) is 0 Å². The fraction of sp³-hybridized carbons (Fsp3) is 0.250. The lowest BCUT2D eigenvalue weighted by Crippen LogP contribution is -2.13. The van der Waals surface area contributed by atoms with E-state index in [0.29, 0.717) is 0 Å². The Morgan fingerprint density at radius 3 is 2.25 bits per heavy atom. The Kier molecular flexibility index (Phi) is 3.20. The number of carbonyl (C=O) groups excluding carboxylic acids is 1. The summed E-state index contributed by atoms with van der Waals surface area (Å²) in [6, 6.07) is 0. The van der Waals surface area contributed by atoms with E-state index in [1.807, 2.05) is 0 Å². The lowest BCUT2D eigenvalue weighted by Gasteiger charge is -2.11. The number of alkyl halides is 5. The zero-order chi connectivity index (χ0) is 12.5. The summed E-state index contributed by atoms with van der Waals surface area (Å²) in [7, 11) is 0. The SMILES string of the molecule is O=Cc1ncc(C(F)(F)F)c(F)c1C(F)F. The topological polar surface area (TPSA) is 30.0 Å². The van der Waals surface area contributed by atoms with E-state index in [0.717, 1.165) is 0 Å². The Morgan fingerprint density at radius 2 is 1.88 bits per heavy atom. The fourth-order valence-corrected chi connectivity index (χ4v) is 1.02. The van der Waals surface area contributed by atoms with Gasteiger partial charge in [-0.15, -0.1) is 0 Å². The maximum atomic E-state index is 13.1. The normalized spacial score (nSPS) is 11.9. The molecule has 0 amide bonds. The summed E-state index contributed by atoms with van der Waals surface area (Å²) < 4.78 is 73.9. The van der Waals surface area contributed by atoms with E-state index >= 15 is 0 Å². The zero-order valence-corrected chi connectivity index (χ0v) is 7.36. The van der Waals surface area contributed by atoms with Gasteiger partial charge in [-0.3, -0.25) is 9.78 Å². The van der Waals surface area contributed by atoms with Crippen LogP contribution in [0.5, 0.6) is 0 Å². The van der Waals surface area contributed by atoms with Crippen LogP contribution in [0, 0.1) is 5.82 Å². The monoisotopic (exact) mass is 243 g/mol. The first kappa shape index (κ1) is 12.5. The van der Waals surface area contributed by atoms with Crippen LogP contribution >= 0.6 is 0 Å². The molecule has 16 heavy (non-hydrogen) atoms. The molecule has 0 aliphatic heterocycles. The third-order valence-electron chi connectivity index (χ3n) is 1.72. The van der Waals surface area contributed by atoms with Crippen LogP contribution in [-0.4, -0.2) is 11.3 Å². The standard InChI is InChI=1S/C8H3F6NO/c9-6-3(8(12,13)14)1-15-4(2-16)5(6)7(10)11/h1-2,7H. The van der Waals surface area contributed by atoms with Gasteiger partial charge in [0.1, 0.15) is 17.1 Å². The van der Waals surface area contributed by atoms with Gasteiger partial charge >= 0.3 is 6.18 Å². The first-order valence-corrected chi connectivity index (χ1v) is 3.78. The quantitative estimate of drug-likeness (QED) is 0.590. The molecule has 0 atom stereocenters. The van der Waals surface area contributed by atoms with Crippen molar-refractivity contribution in [2.24, 2.45) is 0 Å². The van der Waals surface area contributed by atoms with Crippen molar-refractivity contribution in [1.82, 2.24) is 4.98 Å². The van der Waals surface area contributed by atoms with Gasteiger partial charge < -0.3 is 0 Å². The third-order valence-corrected chi connectivity index (χ3v) is 1.72. The highest BCUT2D eigenvalue weighted by Gasteiger charge is 2.37. The molecule has 0 unspecified atom stereocenters. The van der Waals surface area contributed by atoms with Crippen molar-refractivity contribution < 1.29 is 31.1 Å². The lowest BCUT2D eigenvalue weighted by atomic mass is 10.1. The summed E-state index contributed by atoms with van der Waals surface area (Å²) in [6.45, 7) is 0. The van der Waals surface area contributed by atoms with E-state index in [4.69, 9.17) is 0 Å². The molecule has 8 heteroatoms. The Labute approximate surface area is 84.9 Å². The van der Waals surface area contributed by atoms with E-state index in [9.17, 15) is 31.1 Å². The molecular formula is C8H3F6NO. The second-order valence-corrected chi connectivity index (χ2v) is 2.70. The minimum Gasteiger partial charge on any atom is -0.296 e. The fourth-order valence-electron chi connectivity index (χ4n) is 1.02. The van der Waals surface area contributed by atoms with Crippen molar-refractivity contribution >= 4 is 6.29 Å². The predicted octanol–water partition coefficient (Wildman–Crippen LogP) is 2.99. The number of nitrogens with zero attached hydrogens (tertiary/aromatic N) is 1. The van der Waals surface area contributed by atoms with E-state index in [1.165, 1.54) is 0 Å². The van der Waals surface area contributed by atoms with E-state index in [-0.39, 0.29) is 12.5 Å². The highest BCUT2D eigenvalue weighted by molar-refractivity contribution is 5.74. The minimum atomic E-state index is -5.14. The molecule has 0 radical (unpaired) electrons. The molecule has 0 aromatic carbocycles. The van der Waals surface area contributed by atoms with Gasteiger partial charge in [-0.1, -0.05) is 0 Å². The molecule has 0 saturated carbocycles. The minimum absolute atomic E-state index is 0.00491. The van der Waals surface area contributed by atoms with Crippen LogP contribution in [-0.2, 0) is 6.18 Å². The third kappa shape index (κ3) is 2.15. The second-order valence-electron chi connectivity index (χ2n) is 2.70. The summed E-state index contributed by atoms with van der Waals surface area (Å²) >= 11 is 0. The number of carbonyl (C=O) groups is 1.